The third kappa shape index (κ3) is 6.67. The van der Waals surface area contributed by atoms with Gasteiger partial charge >= 0.3 is 0 Å². The van der Waals surface area contributed by atoms with Crippen molar-refractivity contribution in [3.63, 3.8) is 0 Å². The maximum Gasteiger partial charge on any atom is 0.0348 e. The average molecular weight is 513 g/mol. The van der Waals surface area contributed by atoms with E-state index in [9.17, 15) is 0 Å². The number of aromatic nitrogens is 2. The molecule has 2 aromatic carbocycles. The number of benzene rings is 2. The Kier molecular flexibility index (Phi) is 8.39. The fourth-order valence-electron chi connectivity index (χ4n) is 4.92. The molecule has 0 saturated carbocycles. The van der Waals surface area contributed by atoms with Crippen LogP contribution in [0.3, 0.4) is 0 Å². The van der Waals surface area contributed by atoms with Crippen molar-refractivity contribution in [3.05, 3.63) is 109 Å². The lowest BCUT2D eigenvalue weighted by atomic mass is 10.0. The van der Waals surface area contributed by atoms with Crippen molar-refractivity contribution < 1.29 is 0 Å². The second-order valence-corrected chi connectivity index (χ2v) is 17.3. The first kappa shape index (κ1) is 26.7. The van der Waals surface area contributed by atoms with E-state index in [1.165, 1.54) is 32.9 Å². The standard InChI is InChI=1S/C32H38N2P2/c1-31(2,3)36(32(4,5)6)24-27-17-16-26(25-12-8-7-9-13-25)20-28(27)23-35(29-14-10-18-33-21-29)30-15-11-19-34-22-30/h7-22H,23-24H2,1-6H3. The SMILES string of the molecule is CC(C)(C)P(Cc1ccc(-c2ccccc2)cc1CP(c1cccnc1)c1cccnc1)C(C)(C)C. The van der Waals surface area contributed by atoms with Gasteiger partial charge in [0.05, 0.1) is 0 Å². The summed E-state index contributed by atoms with van der Waals surface area (Å²) in [6, 6.07) is 26.5. The van der Waals surface area contributed by atoms with Gasteiger partial charge in [0.15, 0.2) is 0 Å². The van der Waals surface area contributed by atoms with E-state index in [-0.39, 0.29) is 18.2 Å². The van der Waals surface area contributed by atoms with Gasteiger partial charge in [0.25, 0.3) is 0 Å². The molecule has 0 bridgehead atoms. The molecule has 4 heteroatoms. The fraction of sp³-hybridized carbons (Fsp3) is 0.312. The summed E-state index contributed by atoms with van der Waals surface area (Å²) in [5.74, 6) is 0. The third-order valence-electron chi connectivity index (χ3n) is 6.51. The van der Waals surface area contributed by atoms with Crippen molar-refractivity contribution in [2.75, 3.05) is 0 Å². The minimum Gasteiger partial charge on any atom is -0.264 e. The predicted octanol–water partition coefficient (Wildman–Crippen LogP) is 8.36. The largest absolute Gasteiger partial charge is 0.264 e. The van der Waals surface area contributed by atoms with Crippen LogP contribution < -0.4 is 10.6 Å². The van der Waals surface area contributed by atoms with E-state index in [1.54, 1.807) is 0 Å². The zero-order valence-electron chi connectivity index (χ0n) is 22.4. The molecule has 0 N–H and O–H groups in total. The fourth-order valence-corrected chi connectivity index (χ4v) is 10.8. The predicted molar refractivity (Wildman–Crippen MR) is 160 cm³/mol. The summed E-state index contributed by atoms with van der Waals surface area (Å²) in [7, 11) is -0.874. The van der Waals surface area contributed by atoms with E-state index in [1.807, 2.05) is 24.8 Å². The van der Waals surface area contributed by atoms with E-state index >= 15 is 0 Å². The van der Waals surface area contributed by atoms with Crippen molar-refractivity contribution in [2.45, 2.75) is 64.2 Å². The number of nitrogens with zero attached hydrogens (tertiary/aromatic N) is 2. The van der Waals surface area contributed by atoms with Gasteiger partial charge in [-0.15, -0.1) is 0 Å². The summed E-state index contributed by atoms with van der Waals surface area (Å²) in [6.45, 7) is 14.5. The Morgan fingerprint density at radius 2 is 1.17 bits per heavy atom. The molecule has 0 aliphatic rings. The highest BCUT2D eigenvalue weighted by Gasteiger charge is 2.34. The van der Waals surface area contributed by atoms with Crippen LogP contribution in [0.2, 0.25) is 0 Å². The maximum absolute atomic E-state index is 4.47. The van der Waals surface area contributed by atoms with Gasteiger partial charge in [-0.25, -0.2) is 0 Å². The molecule has 0 amide bonds. The van der Waals surface area contributed by atoms with Crippen LogP contribution in [0.25, 0.3) is 11.1 Å². The van der Waals surface area contributed by atoms with Gasteiger partial charge in [-0.1, -0.05) is 110 Å². The molecule has 0 spiro atoms. The van der Waals surface area contributed by atoms with Crippen molar-refractivity contribution in [3.8, 4) is 11.1 Å². The van der Waals surface area contributed by atoms with Crippen LogP contribution >= 0.6 is 15.8 Å². The minimum absolute atomic E-state index is 0.250. The molecular weight excluding hydrogens is 474 g/mol. The van der Waals surface area contributed by atoms with E-state index in [2.05, 4.69) is 124 Å². The second kappa shape index (κ2) is 11.3. The second-order valence-electron chi connectivity index (χ2n) is 11.3. The Bertz CT molecular complexity index is 1190. The Morgan fingerprint density at radius 1 is 0.583 bits per heavy atom. The zero-order chi connectivity index (χ0) is 25.8. The van der Waals surface area contributed by atoms with Crippen LogP contribution in [0.1, 0.15) is 52.7 Å². The molecular formula is C32H38N2P2. The molecule has 4 aromatic rings. The molecule has 0 radical (unpaired) electrons. The highest BCUT2D eigenvalue weighted by atomic mass is 31.1. The molecule has 0 aliphatic heterocycles. The Hall–Kier alpha value is -2.40. The maximum atomic E-state index is 4.47. The van der Waals surface area contributed by atoms with Crippen LogP contribution in [-0.2, 0) is 12.3 Å². The first-order valence-electron chi connectivity index (χ1n) is 12.7. The van der Waals surface area contributed by atoms with Crippen LogP contribution in [0, 0.1) is 0 Å². The van der Waals surface area contributed by atoms with E-state index in [0.717, 1.165) is 12.3 Å². The number of hydrogen-bond acceptors (Lipinski definition) is 2. The minimum atomic E-state index is -0.624. The van der Waals surface area contributed by atoms with Gasteiger partial charge in [0, 0.05) is 30.9 Å². The van der Waals surface area contributed by atoms with Gasteiger partial charge in [0.1, 0.15) is 0 Å². The van der Waals surface area contributed by atoms with Gasteiger partial charge in [-0.2, -0.15) is 0 Å². The molecule has 4 rings (SSSR count). The van der Waals surface area contributed by atoms with Crippen LogP contribution in [-0.4, -0.2) is 20.3 Å². The Labute approximate surface area is 220 Å². The van der Waals surface area contributed by atoms with E-state index in [0.29, 0.717) is 0 Å². The summed E-state index contributed by atoms with van der Waals surface area (Å²) in [4.78, 5) is 8.94. The zero-order valence-corrected chi connectivity index (χ0v) is 24.2. The van der Waals surface area contributed by atoms with Crippen LogP contribution in [0.5, 0.6) is 0 Å². The first-order chi connectivity index (χ1) is 17.1. The highest BCUT2D eigenvalue weighted by Crippen LogP contribution is 2.61. The lowest BCUT2D eigenvalue weighted by Gasteiger charge is -2.42. The number of hydrogen-bond donors (Lipinski definition) is 0. The van der Waals surface area contributed by atoms with E-state index < -0.39 is 7.92 Å². The molecule has 2 nitrogen and oxygen atoms in total. The van der Waals surface area contributed by atoms with Gasteiger partial charge in [-0.05, 0) is 69.4 Å². The van der Waals surface area contributed by atoms with Crippen molar-refractivity contribution in [2.24, 2.45) is 0 Å². The summed E-state index contributed by atoms with van der Waals surface area (Å²) >= 11 is 0. The molecule has 0 saturated heterocycles. The monoisotopic (exact) mass is 512 g/mol. The Balaban J connectivity index is 1.82. The van der Waals surface area contributed by atoms with E-state index in [4.69, 9.17) is 0 Å². The van der Waals surface area contributed by atoms with Gasteiger partial charge in [-0.3, -0.25) is 9.97 Å². The molecule has 0 fully saturated rings. The molecule has 186 valence electrons. The van der Waals surface area contributed by atoms with Crippen molar-refractivity contribution in [1.82, 2.24) is 9.97 Å². The molecule has 0 unspecified atom stereocenters. The summed E-state index contributed by atoms with van der Waals surface area (Å²) in [5.41, 5.74) is 5.51. The summed E-state index contributed by atoms with van der Waals surface area (Å²) in [6.07, 6.45) is 9.92. The molecule has 0 aliphatic carbocycles. The number of rotatable bonds is 7. The quantitative estimate of drug-likeness (QED) is 0.233. The van der Waals surface area contributed by atoms with Crippen LogP contribution in [0.15, 0.2) is 97.6 Å². The topological polar surface area (TPSA) is 25.8 Å². The average Bonchev–Trinajstić information content (AvgIpc) is 2.86. The normalized spacial score (nSPS) is 12.3. The molecule has 0 atom stereocenters. The van der Waals surface area contributed by atoms with Gasteiger partial charge in [0.2, 0.25) is 0 Å². The third-order valence-corrected chi connectivity index (χ3v) is 12.8. The summed E-state index contributed by atoms with van der Waals surface area (Å²) in [5, 5.41) is 3.15. The smallest absolute Gasteiger partial charge is 0.0348 e. The lowest BCUT2D eigenvalue weighted by molar-refractivity contribution is 0.702. The molecule has 36 heavy (non-hydrogen) atoms. The van der Waals surface area contributed by atoms with Gasteiger partial charge < -0.3 is 0 Å². The Morgan fingerprint density at radius 3 is 1.67 bits per heavy atom. The van der Waals surface area contributed by atoms with Crippen molar-refractivity contribution >= 4 is 26.5 Å². The molecule has 2 heterocycles. The first-order valence-corrected chi connectivity index (χ1v) is 15.7. The van der Waals surface area contributed by atoms with Crippen molar-refractivity contribution in [1.29, 1.82) is 0 Å². The lowest BCUT2D eigenvalue weighted by Crippen LogP contribution is -2.26. The highest BCUT2D eigenvalue weighted by molar-refractivity contribution is 7.72. The molecule has 2 aromatic heterocycles. The summed E-state index contributed by atoms with van der Waals surface area (Å²) < 4.78 is 0. The number of pyridine rings is 2. The van der Waals surface area contributed by atoms with Crippen LogP contribution in [0.4, 0.5) is 0 Å².